The van der Waals surface area contributed by atoms with Gasteiger partial charge in [0.15, 0.2) is 5.82 Å². The Labute approximate surface area is 129 Å². The second-order valence-electron chi connectivity index (χ2n) is 6.26. The predicted octanol–water partition coefficient (Wildman–Crippen LogP) is 1.34. The number of tetrazole rings is 1. The van der Waals surface area contributed by atoms with E-state index in [0.29, 0.717) is 12.0 Å². The SMILES string of the molecule is c1ccc(NCC2CCN(Cc3nnnn3C3CC3)C2)nc1. The Morgan fingerprint density at radius 3 is 3.00 bits per heavy atom. The number of aromatic nitrogens is 5. The largest absolute Gasteiger partial charge is 0.370 e. The molecular weight excluding hydrogens is 278 g/mol. The molecule has 1 unspecified atom stereocenters. The highest BCUT2D eigenvalue weighted by Crippen LogP contribution is 2.34. The Kier molecular flexibility index (Phi) is 3.72. The van der Waals surface area contributed by atoms with E-state index in [9.17, 15) is 0 Å². The van der Waals surface area contributed by atoms with E-state index < -0.39 is 0 Å². The minimum Gasteiger partial charge on any atom is -0.370 e. The van der Waals surface area contributed by atoms with Crippen LogP contribution in [0.1, 0.15) is 31.1 Å². The van der Waals surface area contributed by atoms with E-state index in [0.717, 1.165) is 37.8 Å². The highest BCUT2D eigenvalue weighted by molar-refractivity contribution is 5.33. The van der Waals surface area contributed by atoms with Crippen molar-refractivity contribution in [3.8, 4) is 0 Å². The van der Waals surface area contributed by atoms with Gasteiger partial charge in [0, 0.05) is 19.3 Å². The second-order valence-corrected chi connectivity index (χ2v) is 6.26. The van der Waals surface area contributed by atoms with Crippen LogP contribution in [0.5, 0.6) is 0 Å². The van der Waals surface area contributed by atoms with Crippen LogP contribution < -0.4 is 5.32 Å². The number of anilines is 1. The average Bonchev–Trinajstić information content (AvgIpc) is 3.13. The lowest BCUT2D eigenvalue weighted by molar-refractivity contribution is 0.302. The first-order valence-electron chi connectivity index (χ1n) is 8.02. The summed E-state index contributed by atoms with van der Waals surface area (Å²) >= 11 is 0. The summed E-state index contributed by atoms with van der Waals surface area (Å²) in [6.07, 6.45) is 5.47. The van der Waals surface area contributed by atoms with Crippen LogP contribution in [0, 0.1) is 5.92 Å². The molecule has 2 aliphatic rings. The van der Waals surface area contributed by atoms with E-state index >= 15 is 0 Å². The van der Waals surface area contributed by atoms with Gasteiger partial charge in [0.2, 0.25) is 0 Å². The van der Waals surface area contributed by atoms with Crippen LogP contribution in [0.4, 0.5) is 5.82 Å². The Hall–Kier alpha value is -2.02. The summed E-state index contributed by atoms with van der Waals surface area (Å²) in [6.45, 7) is 4.05. The maximum atomic E-state index is 4.30. The van der Waals surface area contributed by atoms with E-state index in [1.807, 2.05) is 29.1 Å². The molecule has 2 fully saturated rings. The van der Waals surface area contributed by atoms with Gasteiger partial charge in [0.25, 0.3) is 0 Å². The lowest BCUT2D eigenvalue weighted by atomic mass is 10.1. The summed E-state index contributed by atoms with van der Waals surface area (Å²) in [5.41, 5.74) is 0. The van der Waals surface area contributed by atoms with E-state index in [2.05, 4.69) is 30.7 Å². The van der Waals surface area contributed by atoms with Crippen LogP contribution in [0.25, 0.3) is 0 Å². The van der Waals surface area contributed by atoms with Crippen molar-refractivity contribution >= 4 is 5.82 Å². The third-order valence-electron chi connectivity index (χ3n) is 4.43. The van der Waals surface area contributed by atoms with Gasteiger partial charge in [-0.2, -0.15) is 0 Å². The highest BCUT2D eigenvalue weighted by Gasteiger charge is 2.29. The average molecular weight is 299 g/mol. The van der Waals surface area contributed by atoms with Crippen LogP contribution in [0.3, 0.4) is 0 Å². The van der Waals surface area contributed by atoms with Crippen molar-refractivity contribution < 1.29 is 0 Å². The van der Waals surface area contributed by atoms with Crippen molar-refractivity contribution in [2.75, 3.05) is 25.0 Å². The molecule has 0 aromatic carbocycles. The third-order valence-corrected chi connectivity index (χ3v) is 4.43. The first-order chi connectivity index (χ1) is 10.9. The van der Waals surface area contributed by atoms with Gasteiger partial charge < -0.3 is 5.32 Å². The van der Waals surface area contributed by atoms with Gasteiger partial charge in [-0.15, -0.1) is 5.10 Å². The number of pyridine rings is 1. The molecular formula is C15H21N7. The number of hydrogen-bond donors (Lipinski definition) is 1. The summed E-state index contributed by atoms with van der Waals surface area (Å²) < 4.78 is 2.01. The molecule has 1 saturated carbocycles. The molecule has 0 bridgehead atoms. The number of likely N-dealkylation sites (tertiary alicyclic amines) is 1. The molecule has 1 aliphatic carbocycles. The Balaban J connectivity index is 1.28. The normalized spacial score (nSPS) is 22.1. The quantitative estimate of drug-likeness (QED) is 0.868. The van der Waals surface area contributed by atoms with E-state index in [-0.39, 0.29) is 0 Å². The summed E-state index contributed by atoms with van der Waals surface area (Å²) in [5.74, 6) is 2.63. The molecule has 7 heteroatoms. The number of nitrogens with one attached hydrogen (secondary N) is 1. The molecule has 3 heterocycles. The summed E-state index contributed by atoms with van der Waals surface area (Å²) in [5, 5.41) is 15.6. The van der Waals surface area contributed by atoms with Gasteiger partial charge in [0.05, 0.1) is 12.6 Å². The molecule has 116 valence electrons. The molecule has 1 atom stereocenters. The lowest BCUT2D eigenvalue weighted by Gasteiger charge is -2.16. The Morgan fingerprint density at radius 1 is 1.23 bits per heavy atom. The monoisotopic (exact) mass is 299 g/mol. The van der Waals surface area contributed by atoms with Crippen molar-refractivity contribution in [2.45, 2.75) is 31.8 Å². The van der Waals surface area contributed by atoms with Crippen molar-refractivity contribution in [3.05, 3.63) is 30.2 Å². The zero-order valence-electron chi connectivity index (χ0n) is 12.6. The number of hydrogen-bond acceptors (Lipinski definition) is 6. The lowest BCUT2D eigenvalue weighted by Crippen LogP contribution is -2.24. The van der Waals surface area contributed by atoms with Gasteiger partial charge in [-0.25, -0.2) is 9.67 Å². The third kappa shape index (κ3) is 3.09. The van der Waals surface area contributed by atoms with Crippen LogP contribution in [-0.2, 0) is 6.54 Å². The minimum atomic E-state index is 0.550. The molecule has 0 spiro atoms. The smallest absolute Gasteiger partial charge is 0.165 e. The van der Waals surface area contributed by atoms with E-state index in [1.54, 1.807) is 0 Å². The van der Waals surface area contributed by atoms with Gasteiger partial charge in [-0.1, -0.05) is 6.07 Å². The second kappa shape index (κ2) is 6.00. The standard InChI is InChI=1S/C15H21N7/c1-2-7-16-14(3-1)17-9-12-6-8-21(10-12)11-15-18-19-20-22(15)13-4-5-13/h1-3,7,12-13H,4-6,8-11H2,(H,16,17). The Bertz CT molecular complexity index is 607. The molecule has 7 nitrogen and oxygen atoms in total. The molecule has 1 saturated heterocycles. The fourth-order valence-electron chi connectivity index (χ4n) is 3.06. The van der Waals surface area contributed by atoms with E-state index in [1.165, 1.54) is 19.3 Å². The summed E-state index contributed by atoms with van der Waals surface area (Å²) in [6, 6.07) is 6.51. The van der Waals surface area contributed by atoms with Crippen LogP contribution in [0.15, 0.2) is 24.4 Å². The van der Waals surface area contributed by atoms with E-state index in [4.69, 9.17) is 0 Å². The maximum Gasteiger partial charge on any atom is 0.165 e. The predicted molar refractivity (Wildman–Crippen MR) is 82.2 cm³/mol. The zero-order chi connectivity index (χ0) is 14.8. The molecule has 1 aliphatic heterocycles. The molecule has 4 rings (SSSR count). The van der Waals surface area contributed by atoms with Crippen molar-refractivity contribution in [3.63, 3.8) is 0 Å². The summed E-state index contributed by atoms with van der Waals surface area (Å²) in [4.78, 5) is 6.76. The number of rotatable bonds is 6. The fourth-order valence-corrected chi connectivity index (χ4v) is 3.06. The van der Waals surface area contributed by atoms with Crippen molar-refractivity contribution in [2.24, 2.45) is 5.92 Å². The molecule has 0 radical (unpaired) electrons. The minimum absolute atomic E-state index is 0.550. The first kappa shape index (κ1) is 13.6. The Morgan fingerprint density at radius 2 is 2.18 bits per heavy atom. The first-order valence-corrected chi connectivity index (χ1v) is 8.02. The van der Waals surface area contributed by atoms with Gasteiger partial charge in [0.1, 0.15) is 5.82 Å². The van der Waals surface area contributed by atoms with Crippen LogP contribution in [0.2, 0.25) is 0 Å². The number of nitrogens with zero attached hydrogens (tertiary/aromatic N) is 6. The van der Waals surface area contributed by atoms with Gasteiger partial charge in [-0.3, -0.25) is 4.90 Å². The molecule has 2 aromatic rings. The van der Waals surface area contributed by atoms with Gasteiger partial charge in [-0.05, 0) is 54.3 Å². The topological polar surface area (TPSA) is 71.8 Å². The van der Waals surface area contributed by atoms with Crippen molar-refractivity contribution in [1.82, 2.24) is 30.1 Å². The zero-order valence-corrected chi connectivity index (χ0v) is 12.6. The fraction of sp³-hybridized carbons (Fsp3) is 0.600. The van der Waals surface area contributed by atoms with Gasteiger partial charge >= 0.3 is 0 Å². The van der Waals surface area contributed by atoms with Crippen molar-refractivity contribution in [1.29, 1.82) is 0 Å². The molecule has 0 amide bonds. The molecule has 2 aromatic heterocycles. The van der Waals surface area contributed by atoms with Crippen LogP contribution >= 0.6 is 0 Å². The highest BCUT2D eigenvalue weighted by atomic mass is 15.6. The molecule has 22 heavy (non-hydrogen) atoms. The summed E-state index contributed by atoms with van der Waals surface area (Å²) in [7, 11) is 0. The molecule has 1 N–H and O–H groups in total. The maximum absolute atomic E-state index is 4.30. The van der Waals surface area contributed by atoms with Crippen LogP contribution in [-0.4, -0.2) is 49.7 Å².